The predicted octanol–water partition coefficient (Wildman–Crippen LogP) is 5.61. The van der Waals surface area contributed by atoms with E-state index in [0.717, 1.165) is 55.8 Å². The summed E-state index contributed by atoms with van der Waals surface area (Å²) in [5.74, 6) is -0.345. The third-order valence-electron chi connectivity index (χ3n) is 6.51. The van der Waals surface area contributed by atoms with Crippen LogP contribution in [0.4, 0.5) is 9.80 Å². The number of urea groups is 1. The number of fused-ring (bicyclic) bond motifs is 2. The van der Waals surface area contributed by atoms with E-state index >= 15 is 0 Å². The Labute approximate surface area is 218 Å². The molecular formula is C25H30N4O3S3. The minimum atomic E-state index is -0.345. The summed E-state index contributed by atoms with van der Waals surface area (Å²) in [6.07, 6.45) is 11.2. The van der Waals surface area contributed by atoms with Crippen LogP contribution >= 0.6 is 34.6 Å². The SMILES string of the molecule is CCOC(=O)c1c(NC(=O)NCc2c(-n3cccc3)sc3c2CCN(SC)C3)sc2c1CCCC2. The van der Waals surface area contributed by atoms with E-state index in [2.05, 4.69) is 38.2 Å². The summed E-state index contributed by atoms with van der Waals surface area (Å²) < 4.78 is 9.82. The van der Waals surface area contributed by atoms with Crippen molar-refractivity contribution >= 4 is 51.6 Å². The van der Waals surface area contributed by atoms with E-state index in [1.807, 2.05) is 12.1 Å². The zero-order valence-electron chi connectivity index (χ0n) is 20.0. The lowest BCUT2D eigenvalue weighted by atomic mass is 9.95. The molecule has 2 N–H and O–H groups in total. The van der Waals surface area contributed by atoms with E-state index in [4.69, 9.17) is 4.74 Å². The molecule has 7 nitrogen and oxygen atoms in total. The molecule has 0 bridgehead atoms. The molecule has 0 fully saturated rings. The number of esters is 1. The summed E-state index contributed by atoms with van der Waals surface area (Å²) in [6.45, 7) is 4.47. The van der Waals surface area contributed by atoms with Crippen LogP contribution in [0.3, 0.4) is 0 Å². The van der Waals surface area contributed by atoms with E-state index in [9.17, 15) is 9.59 Å². The first-order chi connectivity index (χ1) is 17.1. The number of aromatic nitrogens is 1. The molecule has 0 unspecified atom stereocenters. The van der Waals surface area contributed by atoms with Crippen LogP contribution in [0.5, 0.6) is 0 Å². The van der Waals surface area contributed by atoms with Crippen LogP contribution in [0.2, 0.25) is 0 Å². The lowest BCUT2D eigenvalue weighted by Crippen LogP contribution is -2.30. The monoisotopic (exact) mass is 530 g/mol. The number of hydrogen-bond donors (Lipinski definition) is 2. The molecular weight excluding hydrogens is 501 g/mol. The maximum absolute atomic E-state index is 13.0. The number of anilines is 1. The molecule has 2 aliphatic rings. The molecule has 0 atom stereocenters. The average molecular weight is 531 g/mol. The fourth-order valence-corrected chi connectivity index (χ4v) is 8.07. The number of rotatable bonds is 7. The Hall–Kier alpha value is -2.27. The van der Waals surface area contributed by atoms with Gasteiger partial charge in [-0.15, -0.1) is 22.7 Å². The van der Waals surface area contributed by atoms with E-state index < -0.39 is 0 Å². The van der Waals surface area contributed by atoms with E-state index in [0.29, 0.717) is 23.7 Å². The molecule has 0 saturated heterocycles. The molecule has 1 aliphatic carbocycles. The second kappa shape index (κ2) is 10.8. The van der Waals surface area contributed by atoms with Crippen molar-refractivity contribution in [3.63, 3.8) is 0 Å². The second-order valence-corrected chi connectivity index (χ2v) is 11.7. The summed E-state index contributed by atoms with van der Waals surface area (Å²) in [7, 11) is 0. The first-order valence-corrected chi connectivity index (χ1v) is 14.8. The molecule has 3 aromatic rings. The van der Waals surface area contributed by atoms with E-state index in [1.165, 1.54) is 32.2 Å². The van der Waals surface area contributed by atoms with Gasteiger partial charge in [-0.1, -0.05) is 11.9 Å². The number of nitrogens with one attached hydrogen (secondary N) is 2. The highest BCUT2D eigenvalue weighted by molar-refractivity contribution is 7.96. The number of carbonyl (C=O) groups excluding carboxylic acids is 2. The van der Waals surface area contributed by atoms with Crippen molar-refractivity contribution in [2.45, 2.75) is 52.1 Å². The molecule has 10 heteroatoms. The Morgan fingerprint density at radius 2 is 1.89 bits per heavy atom. The maximum Gasteiger partial charge on any atom is 0.341 e. The van der Waals surface area contributed by atoms with Gasteiger partial charge in [-0.2, -0.15) is 0 Å². The predicted molar refractivity (Wildman–Crippen MR) is 144 cm³/mol. The van der Waals surface area contributed by atoms with Crippen molar-refractivity contribution in [2.75, 3.05) is 24.7 Å². The zero-order valence-corrected chi connectivity index (χ0v) is 22.5. The van der Waals surface area contributed by atoms with Crippen LogP contribution in [-0.4, -0.2) is 40.3 Å². The van der Waals surface area contributed by atoms with Crippen LogP contribution in [0.15, 0.2) is 24.5 Å². The highest BCUT2D eigenvalue weighted by atomic mass is 32.2. The van der Waals surface area contributed by atoms with E-state index in [-0.39, 0.29) is 12.0 Å². The fraction of sp³-hybridized carbons (Fsp3) is 0.440. The number of aryl methyl sites for hydroxylation is 1. The average Bonchev–Trinajstić information content (AvgIpc) is 3.59. The zero-order chi connectivity index (χ0) is 24.4. The third kappa shape index (κ3) is 5.02. The number of nitrogens with zero attached hydrogens (tertiary/aromatic N) is 2. The van der Waals surface area contributed by atoms with Crippen molar-refractivity contribution < 1.29 is 14.3 Å². The number of ether oxygens (including phenoxy) is 1. The molecule has 186 valence electrons. The number of thiophene rings is 2. The van der Waals surface area contributed by atoms with Crippen molar-refractivity contribution in [1.29, 1.82) is 0 Å². The van der Waals surface area contributed by atoms with Gasteiger partial charge in [-0.3, -0.25) is 5.32 Å². The quantitative estimate of drug-likeness (QED) is 0.307. The summed E-state index contributed by atoms with van der Waals surface area (Å²) in [4.78, 5) is 28.3. The normalized spacial score (nSPS) is 15.4. The third-order valence-corrected chi connectivity index (χ3v) is 9.82. The highest BCUT2D eigenvalue weighted by Crippen LogP contribution is 2.39. The standard InChI is InChI=1S/C25H30N4O3S3/c1-3-32-24(30)21-17-8-4-5-9-19(17)34-22(21)27-25(31)26-14-18-16-10-13-29(33-2)15-20(16)35-23(18)28-11-6-7-12-28/h6-7,11-12H,3-5,8-10,13-15H2,1-2H3,(H2,26,27,31). The first kappa shape index (κ1) is 24.4. The largest absolute Gasteiger partial charge is 0.462 e. The van der Waals surface area contributed by atoms with Crippen LogP contribution < -0.4 is 10.6 Å². The van der Waals surface area contributed by atoms with Gasteiger partial charge in [0.1, 0.15) is 10.0 Å². The molecule has 3 aromatic heterocycles. The number of amides is 2. The Bertz CT molecular complexity index is 1220. The summed E-state index contributed by atoms with van der Waals surface area (Å²) >= 11 is 5.09. The van der Waals surface area contributed by atoms with Crippen molar-refractivity contribution in [1.82, 2.24) is 14.2 Å². The molecule has 0 saturated carbocycles. The molecule has 0 spiro atoms. The Morgan fingerprint density at radius 1 is 1.09 bits per heavy atom. The van der Waals surface area contributed by atoms with Gasteiger partial charge in [0.15, 0.2) is 0 Å². The van der Waals surface area contributed by atoms with Crippen molar-refractivity contribution in [3.8, 4) is 5.00 Å². The van der Waals surface area contributed by atoms with Gasteiger partial charge in [0.25, 0.3) is 0 Å². The maximum atomic E-state index is 13.0. The number of carbonyl (C=O) groups is 2. The number of hydrogen-bond acceptors (Lipinski definition) is 7. The van der Waals surface area contributed by atoms with Gasteiger partial charge in [0.2, 0.25) is 0 Å². The Morgan fingerprint density at radius 3 is 2.66 bits per heavy atom. The summed E-state index contributed by atoms with van der Waals surface area (Å²) in [6, 6.07) is 3.74. The lowest BCUT2D eigenvalue weighted by Gasteiger charge is -2.24. The Balaban J connectivity index is 1.36. The van der Waals surface area contributed by atoms with Gasteiger partial charge >= 0.3 is 12.0 Å². The molecule has 0 aromatic carbocycles. The van der Waals surface area contributed by atoms with Crippen LogP contribution in [0, 0.1) is 0 Å². The Kier molecular flexibility index (Phi) is 7.52. The molecule has 1 aliphatic heterocycles. The topological polar surface area (TPSA) is 75.6 Å². The summed E-state index contributed by atoms with van der Waals surface area (Å²) in [5, 5.41) is 7.79. The van der Waals surface area contributed by atoms with Crippen LogP contribution in [-0.2, 0) is 37.1 Å². The lowest BCUT2D eigenvalue weighted by molar-refractivity contribution is 0.0526. The van der Waals surface area contributed by atoms with Gasteiger partial charge in [-0.25, -0.2) is 13.9 Å². The highest BCUT2D eigenvalue weighted by Gasteiger charge is 2.28. The van der Waals surface area contributed by atoms with Gasteiger partial charge in [0, 0.05) is 47.3 Å². The van der Waals surface area contributed by atoms with Gasteiger partial charge in [-0.05, 0) is 68.5 Å². The fourth-order valence-electron chi connectivity index (χ4n) is 4.84. The van der Waals surface area contributed by atoms with Crippen LogP contribution in [0.25, 0.3) is 5.00 Å². The van der Waals surface area contributed by atoms with Gasteiger partial charge < -0.3 is 14.6 Å². The summed E-state index contributed by atoms with van der Waals surface area (Å²) in [5.41, 5.74) is 4.12. The van der Waals surface area contributed by atoms with E-state index in [1.54, 1.807) is 30.2 Å². The van der Waals surface area contributed by atoms with Crippen molar-refractivity contribution in [3.05, 3.63) is 56.5 Å². The van der Waals surface area contributed by atoms with Gasteiger partial charge in [0.05, 0.1) is 12.2 Å². The van der Waals surface area contributed by atoms with Crippen molar-refractivity contribution in [2.24, 2.45) is 0 Å². The van der Waals surface area contributed by atoms with Crippen LogP contribution in [0.1, 0.15) is 56.6 Å². The molecule has 5 rings (SSSR count). The smallest absolute Gasteiger partial charge is 0.341 e. The molecule has 0 radical (unpaired) electrons. The minimum absolute atomic E-state index is 0.297. The minimum Gasteiger partial charge on any atom is -0.462 e. The molecule has 35 heavy (non-hydrogen) atoms. The second-order valence-electron chi connectivity index (χ2n) is 8.62. The molecule has 2 amide bonds. The first-order valence-electron chi connectivity index (χ1n) is 12.0. The molecule has 4 heterocycles.